The van der Waals surface area contributed by atoms with Gasteiger partial charge in [-0.2, -0.15) is 0 Å². The Kier molecular flexibility index (Phi) is 17.7. The molecule has 6 aromatic rings. The van der Waals surface area contributed by atoms with Crippen molar-refractivity contribution in [3.05, 3.63) is 103 Å². The number of aromatic carboxylic acids is 2. The normalized spacial score (nSPS) is 22.1. The predicted molar refractivity (Wildman–Crippen MR) is 343 cm³/mol. The molecule has 468 valence electrons. The third-order valence-corrected chi connectivity index (χ3v) is 23.1. The molecule has 0 aromatic carbocycles. The molecule has 18 nitrogen and oxygen atoms in total. The third kappa shape index (κ3) is 13.2. The van der Waals surface area contributed by atoms with Gasteiger partial charge in [0.2, 0.25) is 0 Å². The van der Waals surface area contributed by atoms with Gasteiger partial charge in [0.05, 0.1) is 59.2 Å². The minimum absolute atomic E-state index is 0.00666. The maximum absolute atomic E-state index is 11.8. The molecule has 0 bridgehead atoms. The van der Waals surface area contributed by atoms with Crippen molar-refractivity contribution in [1.29, 1.82) is 0 Å². The summed E-state index contributed by atoms with van der Waals surface area (Å²) in [5.74, 6) is 1.91. The summed E-state index contributed by atoms with van der Waals surface area (Å²) in [5.41, 5.74) is 3.21. The number of aliphatic hydroxyl groups excluding tert-OH is 1. The Hall–Kier alpha value is -5.97. The SMILES string of the molecule is CC1(C)CC(O)C(C)(C)c2nc(N(CC3CC3)c3ccc(C(=O)O)cn3)sc21.COC(=O)c1ccc(N(CC2CC2)c2nc3c(s2)C(C)(C)CC(OC)C3(C)C)nc1.COC1CC(C)(C)c2sc(N(CC3CC3)c3ccc(C(=O)O)cn3)nc2C1(C)C. The third-order valence-electron chi connectivity index (χ3n) is 18.7. The topological polar surface area (TPSA) is 227 Å². The molecule has 6 aromatic heterocycles. The van der Waals surface area contributed by atoms with E-state index in [1.54, 1.807) is 84.8 Å². The van der Waals surface area contributed by atoms with Gasteiger partial charge in [-0.25, -0.2) is 44.3 Å². The van der Waals surface area contributed by atoms with E-state index >= 15 is 0 Å². The average molecular weight is 1250 g/mol. The van der Waals surface area contributed by atoms with Crippen LogP contribution in [0.1, 0.15) is 204 Å². The molecule has 6 aliphatic rings. The lowest BCUT2D eigenvalue weighted by Crippen LogP contribution is -2.45. The van der Waals surface area contributed by atoms with Crippen molar-refractivity contribution in [2.24, 2.45) is 17.8 Å². The highest BCUT2D eigenvalue weighted by Gasteiger charge is 2.51. The number of aliphatic hydroxyl groups is 1. The fraction of sp³-hybridized carbons (Fsp3) is 0.591. The van der Waals surface area contributed by atoms with Gasteiger partial charge in [0.1, 0.15) is 17.5 Å². The van der Waals surface area contributed by atoms with E-state index in [0.717, 1.165) is 82.4 Å². The molecule has 0 amide bonds. The molecule has 87 heavy (non-hydrogen) atoms. The van der Waals surface area contributed by atoms with Crippen molar-refractivity contribution >= 4 is 84.8 Å². The molecule has 3 fully saturated rings. The molecule has 6 heterocycles. The van der Waals surface area contributed by atoms with Crippen LogP contribution in [-0.2, 0) is 46.7 Å². The molecule has 3 atom stereocenters. The number of anilines is 6. The zero-order valence-electron chi connectivity index (χ0n) is 53.2. The van der Waals surface area contributed by atoms with Crippen molar-refractivity contribution in [3.63, 3.8) is 0 Å². The van der Waals surface area contributed by atoms with E-state index in [0.29, 0.717) is 29.7 Å². The second-order valence-corrected chi connectivity index (χ2v) is 31.3. The predicted octanol–water partition coefficient (Wildman–Crippen LogP) is 13.7. The van der Waals surface area contributed by atoms with E-state index in [2.05, 4.69) is 113 Å². The van der Waals surface area contributed by atoms with Crippen LogP contribution in [0.3, 0.4) is 0 Å². The number of ether oxygens (including phenoxy) is 3. The maximum Gasteiger partial charge on any atom is 0.339 e. The van der Waals surface area contributed by atoms with Gasteiger partial charge >= 0.3 is 17.9 Å². The number of fused-ring (bicyclic) bond motifs is 3. The van der Waals surface area contributed by atoms with Crippen LogP contribution in [0, 0.1) is 17.8 Å². The summed E-state index contributed by atoms with van der Waals surface area (Å²) >= 11 is 5.19. The van der Waals surface area contributed by atoms with Crippen LogP contribution in [0.15, 0.2) is 55.0 Å². The summed E-state index contributed by atoms with van der Waals surface area (Å²) < 4.78 is 16.5. The lowest BCUT2D eigenvalue weighted by atomic mass is 9.67. The van der Waals surface area contributed by atoms with Gasteiger partial charge < -0.3 is 44.2 Å². The largest absolute Gasteiger partial charge is 0.478 e. The second kappa shape index (κ2) is 24.1. The summed E-state index contributed by atoms with van der Waals surface area (Å²) in [6.07, 6.45) is 14.2. The standard InChI is InChI=1S/C23H31N3O3S.C22H29N3O3S.C21H27N3O3S/c1-22(2)11-16(28-5)23(3,4)18-19(22)30-21(25-18)26(13-14-7-8-14)17-10-9-15(12-24-17)20(27)29-6;1-21(2)10-15(28-5)22(3,4)17-18(21)29-20(24-17)25(12-13-6-7-13)16-9-8-14(11-23-16)19(26)27;1-20(2)9-14(25)21(3,4)16-17(20)28-19(23-16)24(11-12-5-6-12)15-8-7-13(10-22-15)18(26)27/h9-10,12,14,16H,7-8,11,13H2,1-6H3;8-9,11,13,15H,6-7,10,12H2,1-5H3,(H,26,27);7-8,10,12,14,25H,5-6,9,11H2,1-4H3,(H,26,27). The number of hydrogen-bond donors (Lipinski definition) is 3. The summed E-state index contributed by atoms with van der Waals surface area (Å²) in [4.78, 5) is 73.2. The van der Waals surface area contributed by atoms with Crippen molar-refractivity contribution in [1.82, 2.24) is 29.9 Å². The smallest absolute Gasteiger partial charge is 0.339 e. The fourth-order valence-corrected chi connectivity index (χ4v) is 16.3. The van der Waals surface area contributed by atoms with Gasteiger partial charge in [0, 0.05) is 99.6 Å². The van der Waals surface area contributed by atoms with Gasteiger partial charge in [-0.3, -0.25) is 0 Å². The Labute approximate surface area is 524 Å². The van der Waals surface area contributed by atoms with E-state index in [4.69, 9.17) is 34.3 Å². The molecular weight excluding hydrogens is 1160 g/mol. The van der Waals surface area contributed by atoms with Crippen molar-refractivity contribution in [2.45, 2.75) is 192 Å². The number of carbonyl (C=O) groups excluding carboxylic acids is 1. The minimum Gasteiger partial charge on any atom is -0.478 e. The molecule has 3 saturated carbocycles. The second-order valence-electron chi connectivity index (χ2n) is 28.4. The van der Waals surface area contributed by atoms with Crippen LogP contribution in [0.2, 0.25) is 0 Å². The van der Waals surface area contributed by atoms with Gasteiger partial charge in [-0.05, 0) is 112 Å². The van der Waals surface area contributed by atoms with Gasteiger partial charge in [0.15, 0.2) is 15.4 Å². The summed E-state index contributed by atoms with van der Waals surface area (Å²) in [6.45, 7) is 29.0. The first kappa shape index (κ1) is 64.0. The quantitative estimate of drug-likeness (QED) is 0.0721. The Bertz CT molecular complexity index is 3470. The van der Waals surface area contributed by atoms with Crippen LogP contribution in [-0.4, -0.2) is 122 Å². The highest BCUT2D eigenvalue weighted by atomic mass is 32.1. The molecular formula is C66H87N9O9S3. The van der Waals surface area contributed by atoms with Crippen LogP contribution in [0.5, 0.6) is 0 Å². The Morgan fingerprint density at radius 2 is 0.793 bits per heavy atom. The monoisotopic (exact) mass is 1250 g/mol. The number of carboxylic acid groups (broad SMARTS) is 2. The number of rotatable bonds is 17. The molecule has 0 saturated heterocycles. The number of nitrogens with zero attached hydrogens (tertiary/aromatic N) is 9. The molecule has 6 aliphatic carbocycles. The number of pyridine rings is 3. The number of thiazole rings is 3. The molecule has 0 spiro atoms. The van der Waals surface area contributed by atoms with Crippen LogP contribution in [0.4, 0.5) is 32.8 Å². The maximum atomic E-state index is 11.8. The first-order chi connectivity index (χ1) is 40.9. The van der Waals surface area contributed by atoms with E-state index in [1.807, 2.05) is 6.07 Å². The van der Waals surface area contributed by atoms with E-state index < -0.39 is 23.5 Å². The van der Waals surface area contributed by atoms with E-state index in [9.17, 15) is 24.6 Å². The number of carboxylic acids is 2. The van der Waals surface area contributed by atoms with Crippen LogP contribution < -0.4 is 14.7 Å². The Balaban J connectivity index is 0.000000145. The Morgan fingerprint density at radius 3 is 1.07 bits per heavy atom. The number of hydrogen-bond acceptors (Lipinski definition) is 19. The van der Waals surface area contributed by atoms with Crippen molar-refractivity contribution in [3.8, 4) is 0 Å². The summed E-state index contributed by atoms with van der Waals surface area (Å²) in [5, 5.41) is 31.8. The van der Waals surface area contributed by atoms with Gasteiger partial charge in [-0.1, -0.05) is 83.1 Å². The lowest BCUT2D eigenvalue weighted by molar-refractivity contribution is 0.0135. The molecule has 3 N–H and O–H groups in total. The summed E-state index contributed by atoms with van der Waals surface area (Å²) in [6, 6.07) is 10.4. The van der Waals surface area contributed by atoms with E-state index in [1.165, 1.54) is 72.7 Å². The first-order valence-electron chi connectivity index (χ1n) is 30.4. The highest BCUT2D eigenvalue weighted by Crippen LogP contribution is 2.55. The number of carbonyl (C=O) groups is 3. The van der Waals surface area contributed by atoms with Crippen molar-refractivity contribution in [2.75, 3.05) is 55.7 Å². The molecule has 0 radical (unpaired) electrons. The lowest BCUT2D eigenvalue weighted by Gasteiger charge is -2.43. The molecule has 21 heteroatoms. The number of methoxy groups -OCH3 is 3. The zero-order valence-corrected chi connectivity index (χ0v) is 55.6. The fourth-order valence-electron chi connectivity index (χ4n) is 12.2. The molecule has 0 aliphatic heterocycles. The zero-order chi connectivity index (χ0) is 62.9. The summed E-state index contributed by atoms with van der Waals surface area (Å²) in [7, 11) is 4.97. The average Bonchev–Trinajstić information content (AvgIpc) is 1.80. The number of aromatic nitrogens is 6. The highest BCUT2D eigenvalue weighted by molar-refractivity contribution is 7.16. The van der Waals surface area contributed by atoms with Crippen molar-refractivity contribution < 1.29 is 43.9 Å². The number of esters is 1. The minimum atomic E-state index is -0.977. The van der Waals surface area contributed by atoms with Gasteiger partial charge in [-0.15, -0.1) is 34.0 Å². The van der Waals surface area contributed by atoms with E-state index in [-0.39, 0.29) is 56.4 Å². The molecule has 3 unspecified atom stereocenters. The first-order valence-corrected chi connectivity index (χ1v) is 32.9. The Morgan fingerprint density at radius 1 is 0.483 bits per heavy atom. The molecule has 12 rings (SSSR count). The van der Waals surface area contributed by atoms with Crippen LogP contribution in [0.25, 0.3) is 0 Å². The van der Waals surface area contributed by atoms with Crippen LogP contribution >= 0.6 is 34.0 Å². The van der Waals surface area contributed by atoms with Gasteiger partial charge in [0.25, 0.3) is 0 Å².